The molecule has 186 valence electrons. The molecule has 37 heavy (non-hydrogen) atoms. The van der Waals surface area contributed by atoms with Gasteiger partial charge in [0.25, 0.3) is 5.91 Å². The van der Waals surface area contributed by atoms with Crippen molar-refractivity contribution in [1.82, 2.24) is 4.98 Å². The number of para-hydroxylation sites is 1. The lowest BCUT2D eigenvalue weighted by Gasteiger charge is -2.15. The molecule has 0 aliphatic carbocycles. The molecule has 3 aromatic carbocycles. The third-order valence-electron chi connectivity index (χ3n) is 5.41. The first-order valence-corrected chi connectivity index (χ1v) is 11.6. The van der Waals surface area contributed by atoms with Crippen molar-refractivity contribution in [3.63, 3.8) is 0 Å². The van der Waals surface area contributed by atoms with Crippen LogP contribution in [0.4, 0.5) is 18.3 Å². The Morgan fingerprint density at radius 2 is 1.92 bits per heavy atom. The number of anilines is 1. The minimum absolute atomic E-state index is 0.0447. The highest BCUT2D eigenvalue weighted by atomic mass is 32.1. The van der Waals surface area contributed by atoms with Crippen LogP contribution in [0.25, 0.3) is 21.2 Å². The predicted octanol–water partition coefficient (Wildman–Crippen LogP) is 6.11. The lowest BCUT2D eigenvalue weighted by Crippen LogP contribution is -2.26. The van der Waals surface area contributed by atoms with E-state index in [1.54, 1.807) is 42.5 Å². The molecule has 0 fully saturated rings. The molecule has 0 N–H and O–H groups in total. The summed E-state index contributed by atoms with van der Waals surface area (Å²) in [7, 11) is 1.51. The second-order valence-electron chi connectivity index (χ2n) is 7.79. The number of hydrazone groups is 1. The topological polar surface area (TPSA) is 85.0 Å². The number of alkyl halides is 3. The molecular formula is C26H16F3N3O4S. The first-order valence-electron chi connectivity index (χ1n) is 10.8. The van der Waals surface area contributed by atoms with Crippen molar-refractivity contribution in [2.24, 2.45) is 5.10 Å². The molecule has 0 saturated carbocycles. The van der Waals surface area contributed by atoms with Gasteiger partial charge in [-0.1, -0.05) is 29.5 Å². The molecule has 0 atom stereocenters. The third kappa shape index (κ3) is 4.81. The number of ether oxygens (including phenoxy) is 1. The number of nitrogens with zero attached hydrogens (tertiary/aromatic N) is 3. The molecule has 11 heteroatoms. The Morgan fingerprint density at radius 3 is 2.70 bits per heavy atom. The van der Waals surface area contributed by atoms with Crippen LogP contribution in [0.1, 0.15) is 21.5 Å². The molecule has 2 aromatic heterocycles. The Morgan fingerprint density at radius 1 is 1.11 bits per heavy atom. The average Bonchev–Trinajstić information content (AvgIpc) is 3.32. The van der Waals surface area contributed by atoms with E-state index in [1.807, 2.05) is 0 Å². The number of hydrogen-bond acceptors (Lipinski definition) is 7. The van der Waals surface area contributed by atoms with Gasteiger partial charge in [0, 0.05) is 5.56 Å². The molecule has 5 rings (SSSR count). The van der Waals surface area contributed by atoms with Gasteiger partial charge in [-0.05, 0) is 48.5 Å². The number of methoxy groups -OCH3 is 1. The van der Waals surface area contributed by atoms with E-state index in [4.69, 9.17) is 9.15 Å². The second-order valence-corrected chi connectivity index (χ2v) is 8.80. The molecule has 7 nitrogen and oxygen atoms in total. The van der Waals surface area contributed by atoms with Gasteiger partial charge >= 0.3 is 6.18 Å². The Balaban J connectivity index is 1.61. The molecule has 5 aromatic rings. The number of thiazole rings is 1. The number of hydrogen-bond donors (Lipinski definition) is 0. The second kappa shape index (κ2) is 9.51. The largest absolute Gasteiger partial charge is 0.497 e. The maximum Gasteiger partial charge on any atom is 0.416 e. The van der Waals surface area contributed by atoms with Crippen molar-refractivity contribution in [3.8, 4) is 5.75 Å². The average molecular weight is 523 g/mol. The van der Waals surface area contributed by atoms with E-state index in [2.05, 4.69) is 10.1 Å². The van der Waals surface area contributed by atoms with Crippen LogP contribution in [0.3, 0.4) is 0 Å². The van der Waals surface area contributed by atoms with Crippen molar-refractivity contribution in [2.45, 2.75) is 6.18 Å². The predicted molar refractivity (Wildman–Crippen MR) is 135 cm³/mol. The first kappa shape index (κ1) is 24.2. The summed E-state index contributed by atoms with van der Waals surface area (Å²) in [5.74, 6) is -0.297. The van der Waals surface area contributed by atoms with Gasteiger partial charge in [-0.15, -0.1) is 0 Å². The molecule has 0 aliphatic rings. The van der Waals surface area contributed by atoms with Gasteiger partial charge in [0.15, 0.2) is 0 Å². The monoisotopic (exact) mass is 523 g/mol. The minimum atomic E-state index is -4.64. The van der Waals surface area contributed by atoms with Gasteiger partial charge in [0.1, 0.15) is 17.6 Å². The quantitative estimate of drug-likeness (QED) is 0.205. The summed E-state index contributed by atoms with van der Waals surface area (Å²) in [6.07, 6.45) is -2.32. The summed E-state index contributed by atoms with van der Waals surface area (Å²) in [5, 5.41) is 5.44. The van der Waals surface area contributed by atoms with Gasteiger partial charge in [0.2, 0.25) is 10.6 Å². The molecule has 0 aliphatic heterocycles. The highest BCUT2D eigenvalue weighted by Gasteiger charge is 2.32. The Labute approximate surface area is 211 Å². The number of carbonyl (C=O) groups excluding carboxylic acids is 1. The van der Waals surface area contributed by atoms with Crippen LogP contribution in [0.5, 0.6) is 5.75 Å². The van der Waals surface area contributed by atoms with Gasteiger partial charge < -0.3 is 9.15 Å². The molecular weight excluding hydrogens is 507 g/mol. The summed E-state index contributed by atoms with van der Waals surface area (Å²) < 4.78 is 51.2. The molecule has 0 spiro atoms. The van der Waals surface area contributed by atoms with Crippen LogP contribution in [-0.4, -0.2) is 24.2 Å². The number of fused-ring (bicyclic) bond motifs is 2. The number of amides is 1. The highest BCUT2D eigenvalue weighted by molar-refractivity contribution is 7.22. The van der Waals surface area contributed by atoms with Crippen LogP contribution in [0.2, 0.25) is 0 Å². The summed E-state index contributed by atoms with van der Waals surface area (Å²) >= 11 is 1.09. The molecule has 1 amide bonds. The van der Waals surface area contributed by atoms with E-state index in [-0.39, 0.29) is 21.7 Å². The van der Waals surface area contributed by atoms with Crippen molar-refractivity contribution >= 4 is 49.8 Å². The standard InChI is InChI=1S/C26H16F3N3O4S/c1-35-18-9-10-20-22(12-18)37-25(31-20)32(24(34)15-5-4-6-17(11-15)26(27,28)29)30-13-16-14-36-21-8-3-2-7-19(21)23(16)33/h2-14H,1H3/b30-13+. The summed E-state index contributed by atoms with van der Waals surface area (Å²) in [6, 6.07) is 15.7. The fourth-order valence-electron chi connectivity index (χ4n) is 3.55. The van der Waals surface area contributed by atoms with E-state index >= 15 is 0 Å². The first-order chi connectivity index (χ1) is 17.7. The summed E-state index contributed by atoms with van der Waals surface area (Å²) in [6.45, 7) is 0. The zero-order valence-corrected chi connectivity index (χ0v) is 19.8. The van der Waals surface area contributed by atoms with E-state index in [1.165, 1.54) is 19.4 Å². The summed E-state index contributed by atoms with van der Waals surface area (Å²) in [5.41, 5.74) is -0.667. The number of halogens is 3. The van der Waals surface area contributed by atoms with Gasteiger partial charge in [0.05, 0.1) is 40.1 Å². The van der Waals surface area contributed by atoms with E-state index < -0.39 is 17.6 Å². The molecule has 0 bridgehead atoms. The molecule has 0 saturated heterocycles. The van der Waals surface area contributed by atoms with E-state index in [0.717, 1.165) is 40.8 Å². The van der Waals surface area contributed by atoms with Crippen molar-refractivity contribution in [1.29, 1.82) is 0 Å². The maximum absolute atomic E-state index is 13.4. The number of rotatable bonds is 5. The summed E-state index contributed by atoms with van der Waals surface area (Å²) in [4.78, 5) is 30.7. The SMILES string of the molecule is COc1ccc2nc(N(/N=C/c3coc4ccccc4c3=O)C(=O)c3cccc(C(F)(F)F)c3)sc2c1. The van der Waals surface area contributed by atoms with Crippen molar-refractivity contribution < 1.29 is 27.1 Å². The Bertz CT molecular complexity index is 1730. The fourth-order valence-corrected chi connectivity index (χ4v) is 4.50. The molecule has 0 unspecified atom stereocenters. The van der Waals surface area contributed by atoms with E-state index in [0.29, 0.717) is 26.9 Å². The highest BCUT2D eigenvalue weighted by Crippen LogP contribution is 2.34. The van der Waals surface area contributed by atoms with Gasteiger partial charge in [-0.25, -0.2) is 4.98 Å². The zero-order chi connectivity index (χ0) is 26.2. The van der Waals surface area contributed by atoms with Crippen LogP contribution in [0, 0.1) is 0 Å². The van der Waals surface area contributed by atoms with Crippen LogP contribution in [-0.2, 0) is 6.18 Å². The zero-order valence-electron chi connectivity index (χ0n) is 19.0. The van der Waals surface area contributed by atoms with Gasteiger partial charge in [-0.3, -0.25) is 9.59 Å². The van der Waals surface area contributed by atoms with E-state index in [9.17, 15) is 22.8 Å². The number of carbonyl (C=O) groups is 1. The molecule has 0 radical (unpaired) electrons. The third-order valence-corrected chi connectivity index (χ3v) is 6.41. The van der Waals surface area contributed by atoms with Crippen molar-refractivity contribution in [3.05, 3.63) is 99.9 Å². The fraction of sp³-hybridized carbons (Fsp3) is 0.0769. The van der Waals surface area contributed by atoms with Gasteiger partial charge in [-0.2, -0.15) is 23.3 Å². The Kier molecular flexibility index (Phi) is 6.22. The normalized spacial score (nSPS) is 11.9. The van der Waals surface area contributed by atoms with Crippen molar-refractivity contribution in [2.75, 3.05) is 12.1 Å². The Hall–Kier alpha value is -4.51. The maximum atomic E-state index is 13.4. The minimum Gasteiger partial charge on any atom is -0.497 e. The van der Waals surface area contributed by atoms with Crippen LogP contribution >= 0.6 is 11.3 Å². The van der Waals surface area contributed by atoms with Crippen LogP contribution in [0.15, 0.2) is 87.3 Å². The smallest absolute Gasteiger partial charge is 0.416 e. The number of aromatic nitrogens is 1. The molecule has 2 heterocycles. The van der Waals surface area contributed by atoms with Crippen LogP contribution < -0.4 is 15.2 Å². The lowest BCUT2D eigenvalue weighted by atomic mass is 10.1. The number of benzene rings is 3. The lowest BCUT2D eigenvalue weighted by molar-refractivity contribution is -0.137.